The quantitative estimate of drug-likeness (QED) is 0.0721. The normalized spacial score (nSPS) is 17.0. The van der Waals surface area contributed by atoms with Crippen molar-refractivity contribution in [1.29, 1.82) is 0 Å². The van der Waals surface area contributed by atoms with Gasteiger partial charge in [0.15, 0.2) is 0 Å². The number of hydrogen-bond donors (Lipinski definition) is 1. The zero-order chi connectivity index (χ0) is 41.5. The van der Waals surface area contributed by atoms with Crippen LogP contribution in [-0.4, -0.2) is 72.1 Å². The van der Waals surface area contributed by atoms with E-state index in [0.29, 0.717) is 5.56 Å². The predicted octanol–water partition coefficient (Wildman–Crippen LogP) is 11.6. The number of hydrogen-bond acceptors (Lipinski definition) is 3. The van der Waals surface area contributed by atoms with Crippen LogP contribution < -0.4 is 4.74 Å². The van der Waals surface area contributed by atoms with E-state index in [1.54, 1.807) is 0 Å². The average molecular weight is 807 g/mol. The molecule has 0 amide bonds. The maximum Gasteiger partial charge on any atom is 0.460 e. The molecule has 0 aliphatic carbocycles. The minimum Gasteiger partial charge on any atom is -0.494 e. The van der Waals surface area contributed by atoms with Gasteiger partial charge < -0.3 is 14.6 Å². The Kier molecular flexibility index (Phi) is 16.2. The van der Waals surface area contributed by atoms with Crippen LogP contribution in [0.3, 0.4) is 0 Å². The molecule has 4 atom stereocenters. The van der Waals surface area contributed by atoms with E-state index in [4.69, 9.17) is 14.6 Å². The van der Waals surface area contributed by atoms with Gasteiger partial charge in [-0.15, -0.1) is 0 Å². The lowest BCUT2D eigenvalue weighted by atomic mass is 9.88. The van der Waals surface area contributed by atoms with Crippen LogP contribution in [0.15, 0.2) is 48.6 Å². The Morgan fingerprint density at radius 3 is 1.58 bits per heavy atom. The fourth-order valence-electron chi connectivity index (χ4n) is 4.26. The Morgan fingerprint density at radius 1 is 0.623 bits per heavy atom. The molecule has 0 spiro atoms. The third-order valence-electron chi connectivity index (χ3n) is 8.13. The number of rotatable bonds is 22. The Balaban J connectivity index is 2.79. The van der Waals surface area contributed by atoms with Crippen LogP contribution in [0.5, 0.6) is 5.75 Å². The smallest absolute Gasteiger partial charge is 0.460 e. The molecule has 1 N–H and O–H groups in total. The number of aliphatic hydroxyl groups excluding tert-OH is 1. The van der Waals surface area contributed by atoms with Crippen molar-refractivity contribution in [3.8, 4) is 5.75 Å². The summed E-state index contributed by atoms with van der Waals surface area (Å²) < 4.78 is 239. The molecule has 0 saturated carbocycles. The fraction of sp³-hybridized carbons (Fsp3) is 0.697. The van der Waals surface area contributed by atoms with Crippen molar-refractivity contribution in [2.75, 3.05) is 13.2 Å². The lowest BCUT2D eigenvalue weighted by molar-refractivity contribution is -0.461. The van der Waals surface area contributed by atoms with Crippen LogP contribution in [-0.2, 0) is 11.3 Å². The highest BCUT2D eigenvalue weighted by atomic mass is 19.4. The summed E-state index contributed by atoms with van der Waals surface area (Å²) in [5, 5.41) is 9.06. The second-order valence-corrected chi connectivity index (χ2v) is 12.7. The monoisotopic (exact) mass is 806 g/mol. The van der Waals surface area contributed by atoms with Crippen LogP contribution in [0.25, 0.3) is 0 Å². The average Bonchev–Trinajstić information content (AvgIpc) is 3.04. The third-order valence-corrected chi connectivity index (χ3v) is 8.13. The number of aliphatic hydroxyl groups is 1. The van der Waals surface area contributed by atoms with Gasteiger partial charge in [0.25, 0.3) is 0 Å². The summed E-state index contributed by atoms with van der Waals surface area (Å²) in [6.45, 7) is 6.86. The first-order valence-corrected chi connectivity index (χ1v) is 15.8. The number of halogens is 17. The predicted molar refractivity (Wildman–Crippen MR) is 158 cm³/mol. The van der Waals surface area contributed by atoms with E-state index in [2.05, 4.69) is 6.08 Å². The van der Waals surface area contributed by atoms with E-state index in [0.717, 1.165) is 12.8 Å². The Morgan fingerprint density at radius 2 is 1.09 bits per heavy atom. The molecule has 20 heteroatoms. The summed E-state index contributed by atoms with van der Waals surface area (Å²) in [6.07, 6.45) is -2.42. The van der Waals surface area contributed by atoms with Crippen LogP contribution in [0.4, 0.5) is 74.6 Å². The molecule has 0 bridgehead atoms. The number of ether oxygens (including phenoxy) is 2. The molecule has 0 unspecified atom stereocenters. The zero-order valence-electron chi connectivity index (χ0n) is 28.6. The number of alkyl halides is 17. The molecule has 1 aromatic rings. The van der Waals surface area contributed by atoms with Crippen molar-refractivity contribution >= 4 is 0 Å². The molecule has 0 aliphatic rings. The number of benzene rings is 1. The molecular formula is C33H39F17O3. The molecule has 53 heavy (non-hydrogen) atoms. The molecule has 0 fully saturated rings. The van der Waals surface area contributed by atoms with Crippen molar-refractivity contribution in [3.63, 3.8) is 0 Å². The van der Waals surface area contributed by atoms with Crippen molar-refractivity contribution in [3.05, 3.63) is 54.1 Å². The maximum atomic E-state index is 14.1. The van der Waals surface area contributed by atoms with Crippen molar-refractivity contribution in [2.45, 2.75) is 114 Å². The first-order valence-electron chi connectivity index (χ1n) is 15.8. The topological polar surface area (TPSA) is 38.7 Å². The van der Waals surface area contributed by atoms with Gasteiger partial charge in [-0.1, -0.05) is 57.2 Å². The van der Waals surface area contributed by atoms with Gasteiger partial charge in [0.2, 0.25) is 0 Å². The summed E-state index contributed by atoms with van der Waals surface area (Å²) in [5.41, 5.74) is 0.570. The van der Waals surface area contributed by atoms with E-state index in [1.165, 1.54) is 24.3 Å². The molecule has 0 heterocycles. The highest BCUT2D eigenvalue weighted by Crippen LogP contribution is 2.64. The number of allylic oxidation sites excluding steroid dienone is 3. The molecule has 0 aromatic heterocycles. The van der Waals surface area contributed by atoms with Gasteiger partial charge in [0, 0.05) is 13.0 Å². The molecule has 1 rings (SSSR count). The summed E-state index contributed by atoms with van der Waals surface area (Å²) >= 11 is 0. The van der Waals surface area contributed by atoms with Crippen molar-refractivity contribution in [2.24, 2.45) is 17.8 Å². The Bertz CT molecular complexity index is 1320. The molecule has 3 nitrogen and oxygen atoms in total. The lowest BCUT2D eigenvalue weighted by Crippen LogP contribution is -2.74. The minimum absolute atomic E-state index is 0.00329. The van der Waals surface area contributed by atoms with Crippen LogP contribution in [0.2, 0.25) is 0 Å². The van der Waals surface area contributed by atoms with Gasteiger partial charge in [-0.2, -0.15) is 74.6 Å². The van der Waals surface area contributed by atoms with E-state index in [9.17, 15) is 74.6 Å². The van der Waals surface area contributed by atoms with Gasteiger partial charge in [-0.25, -0.2) is 0 Å². The Labute approximate surface area is 294 Å². The van der Waals surface area contributed by atoms with Crippen LogP contribution in [0.1, 0.15) is 58.9 Å². The first kappa shape index (κ1) is 48.2. The first-order chi connectivity index (χ1) is 23.9. The highest BCUT2D eigenvalue weighted by Gasteiger charge is 2.95. The molecule has 308 valence electrons. The summed E-state index contributed by atoms with van der Waals surface area (Å²) in [6, 6.07) is 5.34. The zero-order valence-corrected chi connectivity index (χ0v) is 28.6. The van der Waals surface area contributed by atoms with Gasteiger partial charge in [-0.3, -0.25) is 0 Å². The summed E-state index contributed by atoms with van der Waals surface area (Å²) in [4.78, 5) is 0. The van der Waals surface area contributed by atoms with Crippen LogP contribution >= 0.6 is 0 Å². The van der Waals surface area contributed by atoms with Gasteiger partial charge >= 0.3 is 47.6 Å². The van der Waals surface area contributed by atoms with Gasteiger partial charge in [-0.05, 0) is 61.6 Å². The maximum absolute atomic E-state index is 14.1. The second kappa shape index (κ2) is 17.8. The lowest BCUT2D eigenvalue weighted by Gasteiger charge is -2.42. The largest absolute Gasteiger partial charge is 0.494 e. The SMILES string of the molecule is C[C@H](CO)C/C=C/[C@@H](C)C/C=C/[C@@H](C)[C@@H](C)OCc1ccc(OCCCC(F)(F)C(F)(F)C(F)(F)C(F)(F)C(F)(F)C(F)(F)C(F)(F)C(F)(F)F)cc1. The summed E-state index contributed by atoms with van der Waals surface area (Å²) in [7, 11) is 0. The fourth-order valence-corrected chi connectivity index (χ4v) is 4.26. The standard InChI is InChI=1S/C33H39F17O3/c1-20(8-5-10-21(2)18-51)9-6-11-22(3)23(4)53-19-24-12-14-25(15-13-24)52-17-7-16-26(34,35)27(36,37)28(38,39)29(40,41)30(42,43)31(44,45)32(46,47)33(48,49)50/h5-6,8,11-15,20-23,51H,7,9-10,16-19H2,1-4H3/b8-5+,11-6+/t20-,21+,22-,23-/m1/s1. The molecule has 1 aromatic carbocycles. The highest BCUT2D eigenvalue weighted by molar-refractivity contribution is 5.27. The third kappa shape index (κ3) is 10.7. The van der Waals surface area contributed by atoms with Crippen molar-refractivity contribution in [1.82, 2.24) is 0 Å². The van der Waals surface area contributed by atoms with E-state index >= 15 is 0 Å². The van der Waals surface area contributed by atoms with E-state index < -0.39 is 67.1 Å². The van der Waals surface area contributed by atoms with E-state index in [-0.39, 0.29) is 42.8 Å². The van der Waals surface area contributed by atoms with Crippen LogP contribution in [0, 0.1) is 17.8 Å². The second-order valence-electron chi connectivity index (χ2n) is 12.7. The summed E-state index contributed by atoms with van der Waals surface area (Å²) in [5.74, 6) is -56.1. The van der Waals surface area contributed by atoms with E-state index in [1.807, 2.05) is 45.9 Å². The molecular weight excluding hydrogens is 767 g/mol. The Hall–Kier alpha value is -2.77. The molecule has 0 radical (unpaired) electrons. The minimum atomic E-state index is -8.65. The molecule has 0 saturated heterocycles. The molecule has 0 aliphatic heterocycles. The van der Waals surface area contributed by atoms with Gasteiger partial charge in [0.1, 0.15) is 5.75 Å². The van der Waals surface area contributed by atoms with Gasteiger partial charge in [0.05, 0.1) is 19.3 Å². The van der Waals surface area contributed by atoms with Crippen molar-refractivity contribution < 1.29 is 89.2 Å².